The van der Waals surface area contributed by atoms with Gasteiger partial charge < -0.3 is 14.8 Å². The molecule has 1 atom stereocenters. The van der Waals surface area contributed by atoms with Crippen LogP contribution in [0.4, 0.5) is 22.4 Å². The van der Waals surface area contributed by atoms with Crippen LogP contribution in [0.25, 0.3) is 0 Å². The average molecular weight is 481 g/mol. The smallest absolute Gasteiger partial charge is 0.484 e. The third-order valence-electron chi connectivity index (χ3n) is 5.17. The molecule has 1 aliphatic heterocycles. The molecule has 0 aromatic heterocycles. The lowest BCUT2D eigenvalue weighted by atomic mass is 9.78. The van der Waals surface area contributed by atoms with E-state index >= 15 is 0 Å². The first-order valence-electron chi connectivity index (χ1n) is 9.77. The lowest BCUT2D eigenvalue weighted by Crippen LogP contribution is -2.42. The number of nitrogens with one attached hydrogen (secondary N) is 1. The van der Waals surface area contributed by atoms with E-state index in [9.17, 15) is 27.2 Å². The minimum Gasteiger partial charge on any atom is -0.484 e. The Kier molecular flexibility index (Phi) is 7.50. The minimum atomic E-state index is -4.68. The van der Waals surface area contributed by atoms with Crippen LogP contribution >= 0.6 is 11.6 Å². The molecular weight excluding hydrogens is 460 g/mol. The molecule has 0 bridgehead atoms. The van der Waals surface area contributed by atoms with Crippen LogP contribution < -0.4 is 10.1 Å². The van der Waals surface area contributed by atoms with Crippen LogP contribution in [0.3, 0.4) is 0 Å². The fraction of sp³-hybridized carbons (Fsp3) is 0.500. The van der Waals surface area contributed by atoms with Gasteiger partial charge in [-0.25, -0.2) is 9.18 Å². The molecule has 1 aromatic carbocycles. The molecule has 0 radical (unpaired) electrons. The van der Waals surface area contributed by atoms with Gasteiger partial charge in [-0.05, 0) is 25.0 Å². The molecule has 7 nitrogen and oxygen atoms in total. The number of amides is 2. The van der Waals surface area contributed by atoms with Gasteiger partial charge in [-0.3, -0.25) is 14.4 Å². The monoisotopic (exact) mass is 480 g/mol. The van der Waals surface area contributed by atoms with Crippen molar-refractivity contribution in [1.82, 2.24) is 10.2 Å². The van der Waals surface area contributed by atoms with E-state index in [0.717, 1.165) is 6.07 Å². The maximum Gasteiger partial charge on any atom is 0.522 e. The lowest BCUT2D eigenvalue weighted by molar-refractivity contribution is -0.355. The number of hydrogen-bond donors (Lipinski definition) is 1. The molecule has 32 heavy (non-hydrogen) atoms. The fourth-order valence-electron chi connectivity index (χ4n) is 3.43. The van der Waals surface area contributed by atoms with Crippen molar-refractivity contribution in [2.45, 2.75) is 37.8 Å². The second-order valence-electron chi connectivity index (χ2n) is 7.48. The van der Waals surface area contributed by atoms with Crippen LogP contribution in [0.15, 0.2) is 30.5 Å². The molecule has 1 aliphatic carbocycles. The quantitative estimate of drug-likeness (QED) is 0.540. The van der Waals surface area contributed by atoms with Gasteiger partial charge in [0.2, 0.25) is 0 Å². The van der Waals surface area contributed by atoms with Gasteiger partial charge >= 0.3 is 12.5 Å². The number of rotatable bonds is 9. The summed E-state index contributed by atoms with van der Waals surface area (Å²) in [5.74, 6) is -1.18. The van der Waals surface area contributed by atoms with Crippen molar-refractivity contribution in [1.29, 1.82) is 0 Å². The summed E-state index contributed by atoms with van der Waals surface area (Å²) in [6.07, 6.45) is -6.19. The van der Waals surface area contributed by atoms with Crippen molar-refractivity contribution in [3.05, 3.63) is 41.3 Å². The van der Waals surface area contributed by atoms with Crippen molar-refractivity contribution >= 4 is 23.6 Å². The third-order valence-corrected chi connectivity index (χ3v) is 5.48. The number of nitrogens with zero attached hydrogens (tertiary/aromatic N) is 1. The van der Waals surface area contributed by atoms with Gasteiger partial charge in [0, 0.05) is 30.6 Å². The standard InChI is InChI=1S/C20H21ClF4N2O5/c1-11(4-5-26-18(28)10-30-13-2-3-15(21)16(22)8-13)27-9-17(31-19(27)29)12-6-14(7-12)32-20(23,24)25/h2-3,8,12,14,17H,1,4-7,9-10H2,(H,26,28)/t12?,14?,17-/m0/s1. The van der Waals surface area contributed by atoms with Crippen molar-refractivity contribution in [3.8, 4) is 5.75 Å². The Morgan fingerprint density at radius 2 is 2.06 bits per heavy atom. The highest BCUT2D eigenvalue weighted by molar-refractivity contribution is 6.30. The van der Waals surface area contributed by atoms with Gasteiger partial charge in [-0.2, -0.15) is 0 Å². The molecule has 3 rings (SSSR count). The van der Waals surface area contributed by atoms with Crippen LogP contribution in [0, 0.1) is 11.7 Å². The first-order valence-corrected chi connectivity index (χ1v) is 10.1. The lowest BCUT2D eigenvalue weighted by Gasteiger charge is -2.37. The van der Waals surface area contributed by atoms with Crippen LogP contribution in [0.5, 0.6) is 5.75 Å². The summed E-state index contributed by atoms with van der Waals surface area (Å²) in [4.78, 5) is 25.3. The first kappa shape index (κ1) is 24.1. The van der Waals surface area contributed by atoms with Crippen LogP contribution in [0.1, 0.15) is 19.3 Å². The summed E-state index contributed by atoms with van der Waals surface area (Å²) in [7, 11) is 0. The number of carbonyl (C=O) groups excluding carboxylic acids is 2. The largest absolute Gasteiger partial charge is 0.522 e. The topological polar surface area (TPSA) is 77.1 Å². The zero-order chi connectivity index (χ0) is 23.5. The molecule has 1 heterocycles. The van der Waals surface area contributed by atoms with Crippen LogP contribution in [-0.4, -0.2) is 55.2 Å². The van der Waals surface area contributed by atoms with Crippen molar-refractivity contribution < 1.29 is 41.4 Å². The first-order chi connectivity index (χ1) is 15.0. The zero-order valence-electron chi connectivity index (χ0n) is 16.8. The Morgan fingerprint density at radius 3 is 2.72 bits per heavy atom. The highest BCUT2D eigenvalue weighted by Crippen LogP contribution is 2.39. The van der Waals surface area contributed by atoms with E-state index < -0.39 is 36.4 Å². The van der Waals surface area contributed by atoms with Crippen LogP contribution in [0.2, 0.25) is 5.02 Å². The van der Waals surface area contributed by atoms with E-state index in [1.54, 1.807) is 0 Å². The summed E-state index contributed by atoms with van der Waals surface area (Å²) >= 11 is 5.57. The van der Waals surface area contributed by atoms with Gasteiger partial charge in [-0.15, -0.1) is 13.2 Å². The van der Waals surface area contributed by atoms with Gasteiger partial charge in [0.1, 0.15) is 17.7 Å². The second kappa shape index (κ2) is 9.95. The van der Waals surface area contributed by atoms with Crippen molar-refractivity contribution in [2.75, 3.05) is 19.7 Å². The van der Waals surface area contributed by atoms with Gasteiger partial charge in [0.25, 0.3) is 5.91 Å². The van der Waals surface area contributed by atoms with E-state index in [4.69, 9.17) is 21.1 Å². The number of cyclic esters (lactones) is 1. The van der Waals surface area contributed by atoms with Gasteiger partial charge in [-0.1, -0.05) is 18.2 Å². The van der Waals surface area contributed by atoms with Gasteiger partial charge in [0.15, 0.2) is 6.61 Å². The number of carbonyl (C=O) groups is 2. The highest BCUT2D eigenvalue weighted by atomic mass is 35.5. The summed E-state index contributed by atoms with van der Waals surface area (Å²) in [6.45, 7) is 3.81. The molecule has 0 unspecified atom stereocenters. The predicted molar refractivity (Wildman–Crippen MR) is 104 cm³/mol. The Hall–Kier alpha value is -2.53. The van der Waals surface area contributed by atoms with Crippen molar-refractivity contribution in [2.24, 2.45) is 5.92 Å². The third kappa shape index (κ3) is 6.49. The Labute approximate surface area is 186 Å². The molecule has 2 fully saturated rings. The SMILES string of the molecule is C=C(CCNC(=O)COc1ccc(Cl)c(F)c1)N1C[C@@H](C2CC(OC(F)(F)F)C2)OC1=O. The Morgan fingerprint density at radius 1 is 1.34 bits per heavy atom. The number of alkyl halides is 3. The number of benzene rings is 1. The summed E-state index contributed by atoms with van der Waals surface area (Å²) in [5, 5.41) is 2.53. The number of hydrogen-bond acceptors (Lipinski definition) is 5. The molecule has 1 aromatic rings. The predicted octanol–water partition coefficient (Wildman–Crippen LogP) is 4.01. The Bertz CT molecular complexity index is 876. The molecule has 12 heteroatoms. The fourth-order valence-corrected chi connectivity index (χ4v) is 3.55. The highest BCUT2D eigenvalue weighted by Gasteiger charge is 2.47. The normalized spacial score (nSPS) is 22.8. The average Bonchev–Trinajstić information content (AvgIpc) is 3.05. The molecule has 1 saturated carbocycles. The molecule has 1 N–H and O–H groups in total. The molecule has 0 spiro atoms. The van der Waals surface area contributed by atoms with Crippen molar-refractivity contribution in [3.63, 3.8) is 0 Å². The van der Waals surface area contributed by atoms with E-state index in [-0.39, 0.29) is 55.6 Å². The van der Waals surface area contributed by atoms with E-state index in [1.807, 2.05) is 0 Å². The molecule has 1 saturated heterocycles. The maximum atomic E-state index is 13.3. The van der Waals surface area contributed by atoms with E-state index in [1.165, 1.54) is 17.0 Å². The summed E-state index contributed by atoms with van der Waals surface area (Å²) in [5.41, 5.74) is 0.404. The summed E-state index contributed by atoms with van der Waals surface area (Å²) in [6, 6.07) is 3.80. The molecule has 176 valence electrons. The summed E-state index contributed by atoms with van der Waals surface area (Å²) < 4.78 is 64.4. The molecular formula is C20H21ClF4N2O5. The van der Waals surface area contributed by atoms with E-state index in [2.05, 4.69) is 16.6 Å². The second-order valence-corrected chi connectivity index (χ2v) is 7.89. The zero-order valence-corrected chi connectivity index (χ0v) is 17.5. The minimum absolute atomic E-state index is 0.0604. The van der Waals surface area contributed by atoms with Crippen LogP contribution in [-0.2, 0) is 14.3 Å². The van der Waals surface area contributed by atoms with Gasteiger partial charge in [0.05, 0.1) is 17.7 Å². The number of halogens is 5. The molecule has 2 amide bonds. The maximum absolute atomic E-state index is 13.3. The molecule has 2 aliphatic rings. The van der Waals surface area contributed by atoms with E-state index in [0.29, 0.717) is 5.70 Å². The number of ether oxygens (including phenoxy) is 3. The Balaban J connectivity index is 1.34.